The molecule has 2 aromatic heterocycles. The van der Waals surface area contributed by atoms with Gasteiger partial charge in [-0.1, -0.05) is 12.1 Å². The average molecular weight is 401 g/mol. The van der Waals surface area contributed by atoms with Crippen LogP contribution in [0.4, 0.5) is 8.78 Å². The molecule has 0 saturated heterocycles. The molecule has 0 bridgehead atoms. The van der Waals surface area contributed by atoms with Gasteiger partial charge in [0.1, 0.15) is 29.6 Å². The molecule has 3 aromatic rings. The van der Waals surface area contributed by atoms with Crippen LogP contribution in [0.2, 0.25) is 0 Å². The number of carbonyl (C=O) groups is 2. The molecule has 150 valence electrons. The molecular weight excluding hydrogens is 384 g/mol. The Labute approximate surface area is 164 Å². The minimum atomic E-state index is -0.798. The summed E-state index contributed by atoms with van der Waals surface area (Å²) in [6.07, 6.45) is 1.47. The summed E-state index contributed by atoms with van der Waals surface area (Å²) >= 11 is 0. The van der Waals surface area contributed by atoms with E-state index in [2.05, 4.69) is 10.6 Å². The first-order valence-electron chi connectivity index (χ1n) is 8.65. The van der Waals surface area contributed by atoms with Gasteiger partial charge in [0.2, 0.25) is 5.91 Å². The van der Waals surface area contributed by atoms with Gasteiger partial charge in [-0.3, -0.25) is 19.0 Å². The Morgan fingerprint density at radius 3 is 2.55 bits per heavy atom. The molecule has 2 heterocycles. The molecule has 0 aliphatic heterocycles. The number of hydrogen-bond donors (Lipinski definition) is 2. The predicted molar refractivity (Wildman–Crippen MR) is 98.8 cm³/mol. The van der Waals surface area contributed by atoms with Gasteiger partial charge in [-0.25, -0.2) is 8.78 Å². The van der Waals surface area contributed by atoms with E-state index in [0.717, 1.165) is 10.6 Å². The van der Waals surface area contributed by atoms with Gasteiger partial charge in [-0.2, -0.15) is 0 Å². The number of nitrogens with one attached hydrogen (secondary N) is 2. The van der Waals surface area contributed by atoms with E-state index in [0.29, 0.717) is 11.8 Å². The SMILES string of the molecule is O=C(Cn1c(C(=O)NCc2ccc(F)cc2F)cccc1=O)NCc1ccco1. The highest BCUT2D eigenvalue weighted by atomic mass is 19.1. The summed E-state index contributed by atoms with van der Waals surface area (Å²) in [4.78, 5) is 36.8. The van der Waals surface area contributed by atoms with Gasteiger partial charge in [-0.05, 0) is 24.3 Å². The topological polar surface area (TPSA) is 93.3 Å². The molecule has 0 fully saturated rings. The minimum Gasteiger partial charge on any atom is -0.467 e. The fourth-order valence-electron chi connectivity index (χ4n) is 2.61. The Balaban J connectivity index is 1.68. The van der Waals surface area contributed by atoms with Crippen LogP contribution in [0.1, 0.15) is 21.8 Å². The van der Waals surface area contributed by atoms with Crippen molar-refractivity contribution in [2.75, 3.05) is 0 Å². The molecule has 0 spiro atoms. The number of amides is 2. The zero-order valence-electron chi connectivity index (χ0n) is 15.2. The van der Waals surface area contributed by atoms with Gasteiger partial charge in [0.25, 0.3) is 11.5 Å². The lowest BCUT2D eigenvalue weighted by atomic mass is 10.2. The van der Waals surface area contributed by atoms with Gasteiger partial charge in [0, 0.05) is 24.2 Å². The van der Waals surface area contributed by atoms with Gasteiger partial charge < -0.3 is 15.1 Å². The molecule has 2 N–H and O–H groups in total. The lowest BCUT2D eigenvalue weighted by Gasteiger charge is -2.13. The summed E-state index contributed by atoms with van der Waals surface area (Å²) in [6, 6.07) is 10.3. The molecule has 0 aliphatic carbocycles. The van der Waals surface area contributed by atoms with E-state index < -0.39 is 29.0 Å². The molecule has 0 radical (unpaired) electrons. The van der Waals surface area contributed by atoms with Gasteiger partial charge in [-0.15, -0.1) is 0 Å². The van der Waals surface area contributed by atoms with E-state index in [1.165, 1.54) is 30.5 Å². The molecule has 29 heavy (non-hydrogen) atoms. The second kappa shape index (κ2) is 8.96. The maximum atomic E-state index is 13.7. The number of nitrogens with zero attached hydrogens (tertiary/aromatic N) is 1. The van der Waals surface area contributed by atoms with Crippen LogP contribution in [0.15, 0.2) is 64.0 Å². The van der Waals surface area contributed by atoms with Gasteiger partial charge in [0.05, 0.1) is 12.8 Å². The molecule has 0 unspecified atom stereocenters. The van der Waals surface area contributed by atoms with Crippen LogP contribution in [-0.2, 0) is 24.4 Å². The summed E-state index contributed by atoms with van der Waals surface area (Å²) in [6.45, 7) is -0.453. The van der Waals surface area contributed by atoms with Crippen LogP contribution in [0.3, 0.4) is 0 Å². The second-order valence-electron chi connectivity index (χ2n) is 6.11. The third-order valence-electron chi connectivity index (χ3n) is 4.08. The van der Waals surface area contributed by atoms with Crippen LogP contribution in [-0.4, -0.2) is 16.4 Å². The zero-order valence-corrected chi connectivity index (χ0v) is 15.2. The number of halogens is 2. The molecule has 0 atom stereocenters. The Hall–Kier alpha value is -3.75. The maximum Gasteiger partial charge on any atom is 0.268 e. The summed E-state index contributed by atoms with van der Waals surface area (Å²) in [5, 5.41) is 5.05. The number of pyridine rings is 1. The summed E-state index contributed by atoms with van der Waals surface area (Å²) in [5.74, 6) is -2.15. The zero-order chi connectivity index (χ0) is 20.8. The van der Waals surface area contributed by atoms with E-state index in [9.17, 15) is 23.2 Å². The number of aromatic nitrogens is 1. The highest BCUT2D eigenvalue weighted by Crippen LogP contribution is 2.09. The fourth-order valence-corrected chi connectivity index (χ4v) is 2.61. The van der Waals surface area contributed by atoms with E-state index in [4.69, 9.17) is 4.42 Å². The first-order chi connectivity index (χ1) is 13.9. The molecule has 0 saturated carbocycles. The van der Waals surface area contributed by atoms with E-state index in [-0.39, 0.29) is 30.9 Å². The third kappa shape index (κ3) is 5.16. The number of furan rings is 1. The van der Waals surface area contributed by atoms with Crippen molar-refractivity contribution in [3.8, 4) is 0 Å². The first-order valence-corrected chi connectivity index (χ1v) is 8.65. The molecule has 2 amide bonds. The van der Waals surface area contributed by atoms with Crippen molar-refractivity contribution in [1.82, 2.24) is 15.2 Å². The molecular formula is C20H17F2N3O4. The summed E-state index contributed by atoms with van der Waals surface area (Å²) in [7, 11) is 0. The Kier molecular flexibility index (Phi) is 6.18. The normalized spacial score (nSPS) is 10.6. The Bertz CT molecular complexity index is 1080. The van der Waals surface area contributed by atoms with Crippen LogP contribution >= 0.6 is 0 Å². The van der Waals surface area contributed by atoms with Crippen LogP contribution in [0.5, 0.6) is 0 Å². The van der Waals surface area contributed by atoms with Crippen molar-refractivity contribution in [2.24, 2.45) is 0 Å². The average Bonchev–Trinajstić information content (AvgIpc) is 3.21. The van der Waals surface area contributed by atoms with Crippen molar-refractivity contribution in [3.63, 3.8) is 0 Å². The Morgan fingerprint density at radius 2 is 1.83 bits per heavy atom. The number of benzene rings is 1. The third-order valence-corrected chi connectivity index (χ3v) is 4.08. The highest BCUT2D eigenvalue weighted by molar-refractivity contribution is 5.93. The fraction of sp³-hybridized carbons (Fsp3) is 0.150. The smallest absolute Gasteiger partial charge is 0.268 e. The summed E-state index contributed by atoms with van der Waals surface area (Å²) in [5.41, 5.74) is -0.521. The van der Waals surface area contributed by atoms with Gasteiger partial charge in [0.15, 0.2) is 0 Å². The van der Waals surface area contributed by atoms with Gasteiger partial charge >= 0.3 is 0 Å². The van der Waals surface area contributed by atoms with E-state index >= 15 is 0 Å². The molecule has 0 aliphatic rings. The monoisotopic (exact) mass is 401 g/mol. The molecule has 7 nitrogen and oxygen atoms in total. The van der Waals surface area contributed by atoms with E-state index in [1.54, 1.807) is 12.1 Å². The van der Waals surface area contributed by atoms with Crippen molar-refractivity contribution in [2.45, 2.75) is 19.6 Å². The second-order valence-corrected chi connectivity index (χ2v) is 6.11. The summed E-state index contributed by atoms with van der Waals surface area (Å²) < 4.78 is 32.8. The predicted octanol–water partition coefficient (Wildman–Crippen LogP) is 1.97. The van der Waals surface area contributed by atoms with Crippen molar-refractivity contribution < 1.29 is 22.8 Å². The highest BCUT2D eigenvalue weighted by Gasteiger charge is 2.15. The minimum absolute atomic E-state index is 0.0619. The van der Waals surface area contributed by atoms with Crippen LogP contribution < -0.4 is 16.2 Å². The molecule has 9 heteroatoms. The number of carbonyl (C=O) groups excluding carboxylic acids is 2. The lowest BCUT2D eigenvalue weighted by molar-refractivity contribution is -0.122. The maximum absolute atomic E-state index is 13.7. The van der Waals surface area contributed by atoms with E-state index in [1.807, 2.05) is 0 Å². The number of rotatable bonds is 7. The van der Waals surface area contributed by atoms with Crippen LogP contribution in [0.25, 0.3) is 0 Å². The van der Waals surface area contributed by atoms with Crippen molar-refractivity contribution >= 4 is 11.8 Å². The standard InChI is InChI=1S/C20H17F2N3O4/c21-14-7-6-13(16(22)9-14)10-24-20(28)17-4-1-5-19(27)25(17)12-18(26)23-11-15-3-2-8-29-15/h1-9H,10-12H2,(H,23,26)(H,24,28). The molecule has 1 aromatic carbocycles. The molecule has 3 rings (SSSR count). The largest absolute Gasteiger partial charge is 0.467 e. The lowest BCUT2D eigenvalue weighted by Crippen LogP contribution is -2.36. The van der Waals surface area contributed by atoms with Crippen LogP contribution in [0, 0.1) is 11.6 Å². The number of hydrogen-bond acceptors (Lipinski definition) is 4. The van der Waals surface area contributed by atoms with Crippen molar-refractivity contribution in [1.29, 1.82) is 0 Å². The Morgan fingerprint density at radius 1 is 1.00 bits per heavy atom. The quantitative estimate of drug-likeness (QED) is 0.633. The van der Waals surface area contributed by atoms with Crippen molar-refractivity contribution in [3.05, 3.63) is 93.8 Å². The first kappa shape index (κ1) is 20.0.